The van der Waals surface area contributed by atoms with Gasteiger partial charge in [-0.25, -0.2) is 0 Å². The van der Waals surface area contributed by atoms with Crippen LogP contribution in [-0.4, -0.2) is 21.8 Å². The van der Waals surface area contributed by atoms with Gasteiger partial charge in [-0.3, -0.25) is 0 Å². The molecule has 6 heteroatoms. The van der Waals surface area contributed by atoms with Crippen molar-refractivity contribution in [3.8, 4) is 40.3 Å². The van der Waals surface area contributed by atoms with Crippen LogP contribution in [0.1, 0.15) is 11.1 Å². The maximum absolute atomic E-state index is 9.78. The summed E-state index contributed by atoms with van der Waals surface area (Å²) in [5.41, 5.74) is 13.9. The average molecular weight is 756 g/mol. The van der Waals surface area contributed by atoms with Gasteiger partial charge >= 0.3 is 0 Å². The molecule has 1 aliphatic rings. The number of hydrogen-bond donors (Lipinski definition) is 0. The largest absolute Gasteiger partial charge is 0.309 e. The topological polar surface area (TPSA) is 62.4 Å². The number of rotatable bonds is 3. The van der Waals surface area contributed by atoms with Gasteiger partial charge in [-0.2, -0.15) is 10.5 Å². The van der Waals surface area contributed by atoms with Gasteiger partial charge in [-0.1, -0.05) is 79.8 Å². The van der Waals surface area contributed by atoms with E-state index in [-0.39, 0.29) is 0 Å². The van der Waals surface area contributed by atoms with Crippen molar-refractivity contribution in [1.29, 1.82) is 10.5 Å². The van der Waals surface area contributed by atoms with Gasteiger partial charge in [0.15, 0.2) is 0 Å². The molecule has 270 valence electrons. The van der Waals surface area contributed by atoms with Gasteiger partial charge in [-0.05, 0) is 119 Å². The fourth-order valence-corrected chi connectivity index (χ4v) is 13.1. The minimum atomic E-state index is -2.03. The van der Waals surface area contributed by atoms with E-state index in [1.807, 2.05) is 36.4 Å². The number of para-hydroxylation sites is 3. The van der Waals surface area contributed by atoms with Gasteiger partial charge < -0.3 is 13.7 Å². The molecule has 11 aromatic rings. The number of nitrogens with zero attached hydrogens (tertiary/aromatic N) is 5. The Morgan fingerprint density at radius 1 is 0.362 bits per heavy atom. The average Bonchev–Trinajstić information content (AvgIpc) is 3.95. The molecule has 4 heterocycles. The highest BCUT2D eigenvalue weighted by Crippen LogP contribution is 2.41. The van der Waals surface area contributed by atoms with Crippen molar-refractivity contribution in [2.75, 3.05) is 0 Å². The molecule has 0 atom stereocenters. The lowest BCUT2D eigenvalue weighted by molar-refractivity contribution is 1.16. The number of hydrogen-bond acceptors (Lipinski definition) is 2. The first-order chi connectivity index (χ1) is 28.4. The molecule has 0 saturated heterocycles. The molecule has 0 spiro atoms. The van der Waals surface area contributed by atoms with Crippen molar-refractivity contribution in [1.82, 2.24) is 13.7 Å². The molecule has 0 aliphatic carbocycles. The SMILES string of the molecule is C[Si]1(C)c2ccc(-n3c4ccc(C#N)cc4c4cc(C#N)ccc43)cc2-c2cc(-n3c4ccccc4c4cc5c6ccccc6n(-c6ccccc6)c5cc43)ccc21. The Morgan fingerprint density at radius 2 is 0.793 bits per heavy atom. The third-order valence-electron chi connectivity index (χ3n) is 12.7. The van der Waals surface area contributed by atoms with Crippen molar-refractivity contribution in [2.24, 2.45) is 0 Å². The standard InChI is InChI=1S/C52H33N5Si/c1-58(2)51-22-18-35(56-47-20-16-32(30-53)24-39(47)40-25-33(31-54)17-21-48(40)56)26-43(51)44-27-36(19-23-52(44)58)57-46-15-9-7-13-38(46)42-28-41-37-12-6-8-14-45(37)55(49(41)29-50(42)57)34-10-4-3-5-11-34/h3-29H,1-2H3. The zero-order chi connectivity index (χ0) is 38.9. The molecular formula is C52H33N5Si. The fraction of sp³-hybridized carbons (Fsp3) is 0.0385. The second-order valence-electron chi connectivity index (χ2n) is 16.0. The molecule has 0 saturated carbocycles. The summed E-state index contributed by atoms with van der Waals surface area (Å²) in [6.45, 7) is 4.92. The highest BCUT2D eigenvalue weighted by Gasteiger charge is 2.38. The fourth-order valence-electron chi connectivity index (χ4n) is 10.0. The van der Waals surface area contributed by atoms with Crippen molar-refractivity contribution >= 4 is 83.9 Å². The predicted molar refractivity (Wildman–Crippen MR) is 241 cm³/mol. The highest BCUT2D eigenvalue weighted by atomic mass is 28.3. The van der Waals surface area contributed by atoms with Crippen molar-refractivity contribution in [2.45, 2.75) is 13.1 Å². The van der Waals surface area contributed by atoms with E-state index in [0.717, 1.165) is 38.9 Å². The maximum Gasteiger partial charge on any atom is 0.113 e. The summed E-state index contributed by atoms with van der Waals surface area (Å²) >= 11 is 0. The van der Waals surface area contributed by atoms with E-state index in [1.54, 1.807) is 0 Å². The van der Waals surface area contributed by atoms with Gasteiger partial charge in [0.2, 0.25) is 0 Å². The molecule has 12 rings (SSSR count). The van der Waals surface area contributed by atoms with Crippen LogP contribution in [-0.2, 0) is 0 Å². The lowest BCUT2D eigenvalue weighted by atomic mass is 10.0. The highest BCUT2D eigenvalue weighted by molar-refractivity contribution is 7.03. The van der Waals surface area contributed by atoms with Gasteiger partial charge in [-0.15, -0.1) is 0 Å². The first-order valence-electron chi connectivity index (χ1n) is 19.6. The summed E-state index contributed by atoms with van der Waals surface area (Å²) in [5, 5.41) is 29.3. The van der Waals surface area contributed by atoms with Crippen molar-refractivity contribution < 1.29 is 0 Å². The first kappa shape index (κ1) is 32.6. The molecule has 0 fully saturated rings. The Hall–Kier alpha value is -7.64. The zero-order valence-electron chi connectivity index (χ0n) is 31.8. The molecule has 1 aliphatic heterocycles. The van der Waals surface area contributed by atoms with Gasteiger partial charge in [0.1, 0.15) is 8.07 Å². The minimum Gasteiger partial charge on any atom is -0.309 e. The quantitative estimate of drug-likeness (QED) is 0.169. The molecule has 0 radical (unpaired) electrons. The van der Waals surface area contributed by atoms with Gasteiger partial charge in [0, 0.05) is 49.4 Å². The zero-order valence-corrected chi connectivity index (χ0v) is 32.8. The second-order valence-corrected chi connectivity index (χ2v) is 20.4. The van der Waals surface area contributed by atoms with E-state index >= 15 is 0 Å². The van der Waals surface area contributed by atoms with E-state index < -0.39 is 8.07 Å². The van der Waals surface area contributed by atoms with E-state index in [0.29, 0.717) is 11.1 Å². The van der Waals surface area contributed by atoms with E-state index in [1.165, 1.54) is 65.1 Å². The summed E-state index contributed by atoms with van der Waals surface area (Å²) in [6, 6.07) is 63.5. The van der Waals surface area contributed by atoms with Crippen molar-refractivity contribution in [3.63, 3.8) is 0 Å². The normalized spacial score (nSPS) is 13.1. The lowest BCUT2D eigenvalue weighted by Gasteiger charge is -2.19. The Labute approximate surface area is 335 Å². The van der Waals surface area contributed by atoms with Crippen LogP contribution in [0.2, 0.25) is 13.1 Å². The van der Waals surface area contributed by atoms with Crippen LogP contribution in [0.5, 0.6) is 0 Å². The van der Waals surface area contributed by atoms with Crippen LogP contribution < -0.4 is 10.4 Å². The molecule has 0 N–H and O–H groups in total. The Morgan fingerprint density at radius 3 is 1.31 bits per heavy atom. The predicted octanol–water partition coefficient (Wildman–Crippen LogP) is 11.5. The Balaban J connectivity index is 1.10. The van der Waals surface area contributed by atoms with Crippen LogP contribution in [0.15, 0.2) is 164 Å². The van der Waals surface area contributed by atoms with Gasteiger partial charge in [0.25, 0.3) is 0 Å². The molecule has 5 nitrogen and oxygen atoms in total. The summed E-state index contributed by atoms with van der Waals surface area (Å²) < 4.78 is 7.14. The molecule has 3 aromatic heterocycles. The second kappa shape index (κ2) is 11.7. The summed E-state index contributed by atoms with van der Waals surface area (Å²) in [7, 11) is -2.03. The first-order valence-corrected chi connectivity index (χ1v) is 22.6. The third-order valence-corrected chi connectivity index (χ3v) is 16.2. The summed E-state index contributed by atoms with van der Waals surface area (Å²) in [5.74, 6) is 0. The Kier molecular flexibility index (Phi) is 6.57. The van der Waals surface area contributed by atoms with E-state index in [4.69, 9.17) is 0 Å². The Bertz CT molecular complexity index is 3610. The molecule has 8 aromatic carbocycles. The lowest BCUT2D eigenvalue weighted by Crippen LogP contribution is -2.49. The number of benzene rings is 8. The van der Waals surface area contributed by atoms with E-state index in [9.17, 15) is 10.5 Å². The van der Waals surface area contributed by atoms with E-state index in [2.05, 4.69) is 166 Å². The number of nitriles is 2. The minimum absolute atomic E-state index is 0.601. The molecular weight excluding hydrogens is 723 g/mol. The van der Waals surface area contributed by atoms with Crippen molar-refractivity contribution in [3.05, 3.63) is 175 Å². The van der Waals surface area contributed by atoms with Crippen LogP contribution in [0.4, 0.5) is 0 Å². The van der Waals surface area contributed by atoms with Gasteiger partial charge in [0.05, 0.1) is 56.4 Å². The van der Waals surface area contributed by atoms with Crippen LogP contribution >= 0.6 is 0 Å². The monoisotopic (exact) mass is 755 g/mol. The third kappa shape index (κ3) is 4.32. The van der Waals surface area contributed by atoms with Crippen LogP contribution in [0.3, 0.4) is 0 Å². The number of aromatic nitrogens is 3. The van der Waals surface area contributed by atoms with Crippen LogP contribution in [0.25, 0.3) is 93.6 Å². The maximum atomic E-state index is 9.78. The molecule has 0 unspecified atom stereocenters. The number of fused-ring (bicyclic) bond motifs is 12. The summed E-state index contributed by atoms with van der Waals surface area (Å²) in [4.78, 5) is 0. The smallest absolute Gasteiger partial charge is 0.113 e. The molecule has 58 heavy (non-hydrogen) atoms. The summed E-state index contributed by atoms with van der Waals surface area (Å²) in [6.07, 6.45) is 0. The molecule has 0 bridgehead atoms. The molecule has 0 amide bonds. The van der Waals surface area contributed by atoms with Crippen LogP contribution in [0, 0.1) is 22.7 Å².